The topological polar surface area (TPSA) is 72.7 Å². The number of benzene rings is 1. The molecule has 0 saturated heterocycles. The van der Waals surface area contributed by atoms with Gasteiger partial charge in [-0.3, -0.25) is 19.0 Å². The predicted molar refractivity (Wildman–Crippen MR) is 102 cm³/mol. The maximum atomic E-state index is 13.1. The van der Waals surface area contributed by atoms with Crippen LogP contribution in [0.5, 0.6) is 0 Å². The highest BCUT2D eigenvalue weighted by molar-refractivity contribution is 7.98. The zero-order chi connectivity index (χ0) is 18.6. The molecule has 0 saturated carbocycles. The van der Waals surface area contributed by atoms with E-state index in [-0.39, 0.29) is 16.9 Å². The van der Waals surface area contributed by atoms with Crippen molar-refractivity contribution in [2.45, 2.75) is 38.0 Å². The van der Waals surface area contributed by atoms with Crippen molar-refractivity contribution in [3.05, 3.63) is 56.6 Å². The number of aromatic amines is 1. The van der Waals surface area contributed by atoms with Gasteiger partial charge in [-0.05, 0) is 38.0 Å². The first-order valence-corrected chi connectivity index (χ1v) is 9.53. The molecule has 3 heterocycles. The largest absolute Gasteiger partial charge is 0.302 e. The van der Waals surface area contributed by atoms with Gasteiger partial charge in [0.05, 0.1) is 5.69 Å². The van der Waals surface area contributed by atoms with Crippen LogP contribution in [0.2, 0.25) is 0 Å². The van der Waals surface area contributed by atoms with E-state index in [1.54, 1.807) is 11.8 Å². The predicted octanol–water partition coefficient (Wildman–Crippen LogP) is 3.05. The molecule has 1 N–H and O–H groups in total. The number of fused-ring (bicyclic) bond motifs is 3. The van der Waals surface area contributed by atoms with Crippen LogP contribution in [0.1, 0.15) is 39.5 Å². The molecule has 1 aromatic carbocycles. The monoisotopic (exact) mass is 368 g/mol. The quantitative estimate of drug-likeness (QED) is 0.721. The van der Waals surface area contributed by atoms with Crippen molar-refractivity contribution in [2.75, 3.05) is 0 Å². The Balaban J connectivity index is 1.92. The van der Waals surface area contributed by atoms with E-state index in [1.165, 1.54) is 21.3 Å². The summed E-state index contributed by atoms with van der Waals surface area (Å²) < 4.78 is 3.25. The molecule has 0 aliphatic carbocycles. The van der Waals surface area contributed by atoms with Crippen LogP contribution in [0.3, 0.4) is 0 Å². The Labute approximate surface area is 155 Å². The number of ketones is 1. The van der Waals surface area contributed by atoms with Gasteiger partial charge in [-0.25, -0.2) is 0 Å². The first kappa shape index (κ1) is 16.9. The first-order valence-electron chi connectivity index (χ1n) is 8.55. The molecule has 7 heteroatoms. The summed E-state index contributed by atoms with van der Waals surface area (Å²) in [6.45, 7) is 6.32. The smallest absolute Gasteiger partial charge is 0.277 e. The van der Waals surface area contributed by atoms with Gasteiger partial charge in [0.2, 0.25) is 0 Å². The molecule has 0 bridgehead atoms. The summed E-state index contributed by atoms with van der Waals surface area (Å²) in [7, 11) is 1.91. The molecule has 0 unspecified atom stereocenters. The standard InChI is InChI=1S/C19H20N4O2S/c1-5-23-19(25)14(7-20-23)17(24)13-6-10(2)18-15(11(13)3)16-12(9-26-18)8-22(4)21-16/h6-8,20H,5,9H2,1-4H3. The molecule has 0 fully saturated rings. The fraction of sp³-hybridized carbons (Fsp3) is 0.316. The van der Waals surface area contributed by atoms with Crippen LogP contribution in [-0.4, -0.2) is 25.3 Å². The minimum Gasteiger partial charge on any atom is -0.302 e. The summed E-state index contributed by atoms with van der Waals surface area (Å²) in [5.41, 5.74) is 5.53. The van der Waals surface area contributed by atoms with E-state index in [4.69, 9.17) is 0 Å². The average Bonchev–Trinajstić information content (AvgIpc) is 3.18. The molecule has 26 heavy (non-hydrogen) atoms. The molecule has 3 aromatic rings. The molecular weight excluding hydrogens is 348 g/mol. The van der Waals surface area contributed by atoms with Gasteiger partial charge in [0, 0.05) is 53.3 Å². The Morgan fingerprint density at radius 1 is 1.35 bits per heavy atom. The lowest BCUT2D eigenvalue weighted by Gasteiger charge is -2.21. The summed E-state index contributed by atoms with van der Waals surface area (Å²) in [4.78, 5) is 26.7. The third-order valence-corrected chi connectivity index (χ3v) is 6.15. The van der Waals surface area contributed by atoms with E-state index >= 15 is 0 Å². The molecule has 134 valence electrons. The summed E-state index contributed by atoms with van der Waals surface area (Å²) in [6.07, 6.45) is 3.53. The third-order valence-electron chi connectivity index (χ3n) is 4.88. The molecular formula is C19H20N4O2S. The molecule has 0 spiro atoms. The summed E-state index contributed by atoms with van der Waals surface area (Å²) in [5, 5.41) is 7.48. The van der Waals surface area contributed by atoms with E-state index in [0.29, 0.717) is 12.1 Å². The number of hydrogen-bond donors (Lipinski definition) is 1. The lowest BCUT2D eigenvalue weighted by Crippen LogP contribution is -2.21. The van der Waals surface area contributed by atoms with Gasteiger partial charge >= 0.3 is 0 Å². The number of nitrogens with one attached hydrogen (secondary N) is 1. The normalized spacial score (nSPS) is 12.8. The Morgan fingerprint density at radius 2 is 2.12 bits per heavy atom. The highest BCUT2D eigenvalue weighted by Gasteiger charge is 2.28. The number of aromatic nitrogens is 4. The van der Waals surface area contributed by atoms with Crippen LogP contribution in [0, 0.1) is 13.8 Å². The van der Waals surface area contributed by atoms with Crippen LogP contribution in [-0.2, 0) is 19.3 Å². The average molecular weight is 368 g/mol. The second-order valence-corrected chi connectivity index (χ2v) is 7.59. The van der Waals surface area contributed by atoms with Crippen molar-refractivity contribution in [1.82, 2.24) is 19.6 Å². The van der Waals surface area contributed by atoms with Crippen molar-refractivity contribution in [1.29, 1.82) is 0 Å². The minimum atomic E-state index is -0.278. The van der Waals surface area contributed by atoms with Crippen LogP contribution in [0.4, 0.5) is 0 Å². The van der Waals surface area contributed by atoms with Crippen molar-refractivity contribution in [3.63, 3.8) is 0 Å². The van der Waals surface area contributed by atoms with Gasteiger partial charge in [0.25, 0.3) is 5.56 Å². The Bertz CT molecular complexity index is 1100. The molecule has 1 aliphatic heterocycles. The second-order valence-electron chi connectivity index (χ2n) is 6.60. The zero-order valence-electron chi connectivity index (χ0n) is 15.2. The van der Waals surface area contributed by atoms with E-state index in [1.807, 2.05) is 44.8 Å². The molecule has 0 radical (unpaired) electrons. The summed E-state index contributed by atoms with van der Waals surface area (Å²) in [5.74, 6) is 0.637. The number of thioether (sulfide) groups is 1. The Morgan fingerprint density at radius 3 is 2.81 bits per heavy atom. The lowest BCUT2D eigenvalue weighted by atomic mass is 9.91. The van der Waals surface area contributed by atoms with Crippen molar-refractivity contribution in [3.8, 4) is 11.3 Å². The number of carbonyl (C=O) groups excluding carboxylic acids is 1. The number of carbonyl (C=O) groups is 1. The van der Waals surface area contributed by atoms with E-state index in [9.17, 15) is 9.59 Å². The summed E-state index contributed by atoms with van der Waals surface area (Å²) >= 11 is 1.78. The van der Waals surface area contributed by atoms with Crippen LogP contribution >= 0.6 is 11.8 Å². The number of aryl methyl sites for hydroxylation is 3. The van der Waals surface area contributed by atoms with Crippen LogP contribution in [0.15, 0.2) is 28.2 Å². The fourth-order valence-corrected chi connectivity index (χ4v) is 4.75. The maximum absolute atomic E-state index is 13.1. The van der Waals surface area contributed by atoms with Gasteiger partial charge in [0.1, 0.15) is 5.56 Å². The van der Waals surface area contributed by atoms with Crippen molar-refractivity contribution < 1.29 is 4.79 Å². The zero-order valence-corrected chi connectivity index (χ0v) is 16.0. The van der Waals surface area contributed by atoms with E-state index in [0.717, 1.165) is 28.1 Å². The first-order chi connectivity index (χ1) is 12.4. The van der Waals surface area contributed by atoms with Gasteiger partial charge in [0.15, 0.2) is 5.78 Å². The number of H-pyrrole nitrogens is 1. The second kappa shape index (κ2) is 6.02. The van der Waals surface area contributed by atoms with Gasteiger partial charge in [-0.2, -0.15) is 5.10 Å². The van der Waals surface area contributed by atoms with Gasteiger partial charge in [-0.1, -0.05) is 0 Å². The maximum Gasteiger partial charge on any atom is 0.277 e. The fourth-order valence-electron chi connectivity index (χ4n) is 3.55. The molecule has 0 amide bonds. The molecule has 4 rings (SSSR count). The highest BCUT2D eigenvalue weighted by atomic mass is 32.2. The number of hydrogen-bond acceptors (Lipinski definition) is 4. The Kier molecular flexibility index (Phi) is 3.91. The molecule has 1 aliphatic rings. The molecule has 2 aromatic heterocycles. The third kappa shape index (κ3) is 2.38. The Hall–Kier alpha value is -2.54. The SMILES string of the molecule is CCn1[nH]cc(C(=O)c2cc(C)c3c(c2C)-c2nn(C)cc2CS3)c1=O. The van der Waals surface area contributed by atoms with Gasteiger partial charge in [-0.15, -0.1) is 11.8 Å². The van der Waals surface area contributed by atoms with Crippen molar-refractivity contribution >= 4 is 17.5 Å². The highest BCUT2D eigenvalue weighted by Crippen LogP contribution is 2.45. The minimum absolute atomic E-state index is 0.180. The van der Waals surface area contributed by atoms with Crippen LogP contribution in [0.25, 0.3) is 11.3 Å². The number of rotatable bonds is 3. The lowest BCUT2D eigenvalue weighted by molar-refractivity contribution is 0.103. The van der Waals surface area contributed by atoms with E-state index < -0.39 is 0 Å². The molecule has 6 nitrogen and oxygen atoms in total. The van der Waals surface area contributed by atoms with Gasteiger partial charge < -0.3 is 5.10 Å². The number of nitrogens with zero attached hydrogens (tertiary/aromatic N) is 3. The summed E-state index contributed by atoms with van der Waals surface area (Å²) in [6, 6.07) is 1.90. The molecule has 0 atom stereocenters. The van der Waals surface area contributed by atoms with Crippen LogP contribution < -0.4 is 5.56 Å². The van der Waals surface area contributed by atoms with Crippen molar-refractivity contribution in [2.24, 2.45) is 7.05 Å². The van der Waals surface area contributed by atoms with E-state index in [2.05, 4.69) is 10.2 Å².